The van der Waals surface area contributed by atoms with Crippen molar-refractivity contribution in [3.8, 4) is 0 Å². The van der Waals surface area contributed by atoms with Gasteiger partial charge < -0.3 is 10.2 Å². The van der Waals surface area contributed by atoms with Gasteiger partial charge in [-0.15, -0.1) is 11.3 Å². The summed E-state index contributed by atoms with van der Waals surface area (Å²) in [6.07, 6.45) is 2.99. The van der Waals surface area contributed by atoms with E-state index < -0.39 is 0 Å². The molecule has 2 aliphatic rings. The molecule has 1 aromatic heterocycles. The van der Waals surface area contributed by atoms with E-state index in [2.05, 4.69) is 34.5 Å². The summed E-state index contributed by atoms with van der Waals surface area (Å²) in [7, 11) is 0. The van der Waals surface area contributed by atoms with E-state index in [1.165, 1.54) is 10.4 Å². The summed E-state index contributed by atoms with van der Waals surface area (Å²) in [6.45, 7) is 6.02. The molecule has 33 heavy (non-hydrogen) atoms. The molecule has 5 nitrogen and oxygen atoms in total. The SMILES string of the molecule is Cc1cccc(C(=O)Nc2sc3c(c2C(=O)N2CCN(Cc4ccccc4)CC2)CCC3)c1. The molecule has 5 rings (SSSR count). The van der Waals surface area contributed by atoms with Crippen LogP contribution in [0, 0.1) is 6.92 Å². The Labute approximate surface area is 199 Å². The molecule has 1 N–H and O–H groups in total. The van der Waals surface area contributed by atoms with Gasteiger partial charge in [0.25, 0.3) is 11.8 Å². The van der Waals surface area contributed by atoms with Gasteiger partial charge in [-0.05, 0) is 49.4 Å². The Morgan fingerprint density at radius 3 is 2.52 bits per heavy atom. The van der Waals surface area contributed by atoms with Crippen molar-refractivity contribution in [1.82, 2.24) is 9.80 Å². The molecule has 0 radical (unpaired) electrons. The molecule has 0 bridgehead atoms. The van der Waals surface area contributed by atoms with Crippen LogP contribution in [0.3, 0.4) is 0 Å². The number of nitrogens with one attached hydrogen (secondary N) is 1. The Hall–Kier alpha value is -2.96. The largest absolute Gasteiger partial charge is 0.336 e. The Balaban J connectivity index is 1.30. The maximum atomic E-state index is 13.6. The van der Waals surface area contributed by atoms with E-state index >= 15 is 0 Å². The number of rotatable bonds is 5. The zero-order chi connectivity index (χ0) is 22.8. The molecule has 1 saturated heterocycles. The highest BCUT2D eigenvalue weighted by atomic mass is 32.1. The molecular formula is C27H29N3O2S. The van der Waals surface area contributed by atoms with Crippen molar-refractivity contribution >= 4 is 28.2 Å². The monoisotopic (exact) mass is 459 g/mol. The minimum absolute atomic E-state index is 0.0632. The third-order valence-corrected chi connectivity index (χ3v) is 7.76. The Morgan fingerprint density at radius 2 is 1.76 bits per heavy atom. The smallest absolute Gasteiger partial charge is 0.257 e. The topological polar surface area (TPSA) is 52.7 Å². The minimum atomic E-state index is -0.152. The fraction of sp³-hybridized carbons (Fsp3) is 0.333. The fourth-order valence-electron chi connectivity index (χ4n) is 4.79. The zero-order valence-electron chi connectivity index (χ0n) is 19.0. The van der Waals surface area contributed by atoms with Crippen molar-refractivity contribution in [3.63, 3.8) is 0 Å². The average Bonchev–Trinajstić information content (AvgIpc) is 3.41. The van der Waals surface area contributed by atoms with Gasteiger partial charge in [0.15, 0.2) is 0 Å². The quantitative estimate of drug-likeness (QED) is 0.599. The van der Waals surface area contributed by atoms with E-state index in [0.717, 1.165) is 55.6 Å². The summed E-state index contributed by atoms with van der Waals surface area (Å²) in [6, 6.07) is 18.0. The van der Waals surface area contributed by atoms with Crippen LogP contribution in [0.4, 0.5) is 5.00 Å². The molecule has 1 aliphatic heterocycles. The normalized spacial score (nSPS) is 16.0. The number of carbonyl (C=O) groups is 2. The number of thiophene rings is 1. The molecule has 0 saturated carbocycles. The van der Waals surface area contributed by atoms with Crippen molar-refractivity contribution < 1.29 is 9.59 Å². The predicted molar refractivity (Wildman–Crippen MR) is 133 cm³/mol. The van der Waals surface area contributed by atoms with E-state index in [1.54, 1.807) is 11.3 Å². The lowest BCUT2D eigenvalue weighted by molar-refractivity contribution is 0.0629. The van der Waals surface area contributed by atoms with Crippen LogP contribution in [-0.2, 0) is 19.4 Å². The van der Waals surface area contributed by atoms with Crippen LogP contribution in [0.2, 0.25) is 0 Å². The highest BCUT2D eigenvalue weighted by molar-refractivity contribution is 7.17. The number of nitrogens with zero attached hydrogens (tertiary/aromatic N) is 2. The standard InChI is InChI=1S/C27H29N3O2S/c1-19-7-5-10-21(17-19)25(31)28-26-24(22-11-6-12-23(22)33-26)27(32)30-15-13-29(14-16-30)18-20-8-3-2-4-9-20/h2-5,7-10,17H,6,11-16,18H2,1H3,(H,28,31). The first-order valence-electron chi connectivity index (χ1n) is 11.7. The van der Waals surface area contributed by atoms with E-state index in [9.17, 15) is 9.59 Å². The molecule has 6 heteroatoms. The lowest BCUT2D eigenvalue weighted by atomic mass is 10.1. The van der Waals surface area contributed by atoms with Gasteiger partial charge in [0, 0.05) is 43.2 Å². The van der Waals surface area contributed by atoms with Crippen LogP contribution < -0.4 is 5.32 Å². The van der Waals surface area contributed by atoms with Crippen LogP contribution in [-0.4, -0.2) is 47.8 Å². The van der Waals surface area contributed by atoms with Crippen LogP contribution in [0.5, 0.6) is 0 Å². The van der Waals surface area contributed by atoms with Crippen LogP contribution in [0.25, 0.3) is 0 Å². The Bertz CT molecular complexity index is 1160. The van der Waals surface area contributed by atoms with Gasteiger partial charge in [0.05, 0.1) is 5.56 Å². The van der Waals surface area contributed by atoms with Gasteiger partial charge in [-0.25, -0.2) is 0 Å². The third kappa shape index (κ3) is 4.72. The Kier molecular flexibility index (Phi) is 6.29. The minimum Gasteiger partial charge on any atom is -0.336 e. The van der Waals surface area contributed by atoms with Crippen molar-refractivity contribution in [2.24, 2.45) is 0 Å². The lowest BCUT2D eigenvalue weighted by Crippen LogP contribution is -2.48. The van der Waals surface area contributed by atoms with E-state index in [0.29, 0.717) is 23.7 Å². The van der Waals surface area contributed by atoms with Crippen molar-refractivity contribution in [1.29, 1.82) is 0 Å². The van der Waals surface area contributed by atoms with Crippen molar-refractivity contribution in [3.05, 3.63) is 87.3 Å². The summed E-state index contributed by atoms with van der Waals surface area (Å²) < 4.78 is 0. The molecule has 3 aromatic rings. The van der Waals surface area contributed by atoms with Crippen LogP contribution >= 0.6 is 11.3 Å². The second kappa shape index (κ2) is 9.49. The molecule has 2 amide bonds. The number of anilines is 1. The summed E-state index contributed by atoms with van der Waals surface area (Å²) in [4.78, 5) is 32.2. The molecule has 0 unspecified atom stereocenters. The zero-order valence-corrected chi connectivity index (χ0v) is 19.8. The molecule has 2 heterocycles. The molecule has 2 aromatic carbocycles. The number of piperazine rings is 1. The summed E-state index contributed by atoms with van der Waals surface area (Å²) in [5, 5.41) is 3.78. The van der Waals surface area contributed by atoms with Gasteiger partial charge in [0.1, 0.15) is 5.00 Å². The van der Waals surface area contributed by atoms with E-state index in [4.69, 9.17) is 0 Å². The average molecular weight is 460 g/mol. The van der Waals surface area contributed by atoms with Gasteiger partial charge in [-0.3, -0.25) is 14.5 Å². The van der Waals surface area contributed by atoms with Gasteiger partial charge in [-0.2, -0.15) is 0 Å². The van der Waals surface area contributed by atoms with Gasteiger partial charge in [-0.1, -0.05) is 48.0 Å². The summed E-state index contributed by atoms with van der Waals surface area (Å²) in [5.74, 6) is -0.0892. The van der Waals surface area contributed by atoms with Crippen molar-refractivity contribution in [2.45, 2.75) is 32.7 Å². The first-order valence-corrected chi connectivity index (χ1v) is 12.5. The molecule has 1 aliphatic carbocycles. The first kappa shape index (κ1) is 21.9. The fourth-order valence-corrected chi connectivity index (χ4v) is 6.07. The second-order valence-corrected chi connectivity index (χ2v) is 10.0. The number of hydrogen-bond donors (Lipinski definition) is 1. The first-order chi connectivity index (χ1) is 16.1. The Morgan fingerprint density at radius 1 is 0.970 bits per heavy atom. The number of fused-ring (bicyclic) bond motifs is 1. The summed E-state index contributed by atoms with van der Waals surface area (Å²) >= 11 is 1.58. The summed E-state index contributed by atoms with van der Waals surface area (Å²) in [5.41, 5.74) is 4.84. The molecule has 0 spiro atoms. The van der Waals surface area contributed by atoms with Gasteiger partial charge in [0.2, 0.25) is 0 Å². The second-order valence-electron chi connectivity index (χ2n) is 8.94. The molecular weight excluding hydrogens is 430 g/mol. The highest BCUT2D eigenvalue weighted by Crippen LogP contribution is 2.40. The van der Waals surface area contributed by atoms with E-state index in [1.807, 2.05) is 42.2 Å². The maximum absolute atomic E-state index is 13.6. The van der Waals surface area contributed by atoms with Gasteiger partial charge >= 0.3 is 0 Å². The predicted octanol–water partition coefficient (Wildman–Crippen LogP) is 4.76. The van der Waals surface area contributed by atoms with Crippen LogP contribution in [0.1, 0.15) is 48.7 Å². The molecule has 1 fully saturated rings. The number of aryl methyl sites for hydroxylation is 2. The number of benzene rings is 2. The highest BCUT2D eigenvalue weighted by Gasteiger charge is 2.31. The third-order valence-electron chi connectivity index (χ3n) is 6.55. The lowest BCUT2D eigenvalue weighted by Gasteiger charge is -2.35. The number of carbonyl (C=O) groups excluding carboxylic acids is 2. The van der Waals surface area contributed by atoms with Crippen molar-refractivity contribution in [2.75, 3.05) is 31.5 Å². The van der Waals surface area contributed by atoms with E-state index in [-0.39, 0.29) is 11.8 Å². The number of hydrogen-bond acceptors (Lipinski definition) is 4. The maximum Gasteiger partial charge on any atom is 0.257 e. The number of amides is 2. The van der Waals surface area contributed by atoms with Crippen LogP contribution in [0.15, 0.2) is 54.6 Å². The molecule has 170 valence electrons. The molecule has 0 atom stereocenters.